The first kappa shape index (κ1) is 20.9. The first-order valence-corrected chi connectivity index (χ1v) is 21.6. The fourth-order valence-corrected chi connectivity index (χ4v) is 29.7. The first-order valence-electron chi connectivity index (χ1n) is 7.98. The largest absolute Gasteiger partial charge is 0.416 e. The molecule has 0 aromatic carbocycles. The van der Waals surface area contributed by atoms with Crippen LogP contribution in [0.4, 0.5) is 0 Å². The molecule has 1 heterocycles. The van der Waals surface area contributed by atoms with Crippen molar-refractivity contribution in [1.82, 2.24) is 0 Å². The molecule has 132 valence electrons. The molecule has 1 saturated heterocycles. The zero-order chi connectivity index (χ0) is 17.6. The summed E-state index contributed by atoms with van der Waals surface area (Å²) in [4.78, 5) is 0. The van der Waals surface area contributed by atoms with Crippen LogP contribution in [0.3, 0.4) is 0 Å². The number of hydrogen-bond donors (Lipinski definition) is 0. The summed E-state index contributed by atoms with van der Waals surface area (Å²) >= 11 is 0. The van der Waals surface area contributed by atoms with Gasteiger partial charge < -0.3 is 20.6 Å². The minimum atomic E-state index is -2.38. The molecule has 0 aliphatic carbocycles. The number of hydrogen-bond acceptors (Lipinski definition) is 5. The van der Waals surface area contributed by atoms with Gasteiger partial charge in [0, 0.05) is 0 Å². The highest BCUT2D eigenvalue weighted by molar-refractivity contribution is 6.93. The maximum absolute atomic E-state index is 6.56. The SMILES string of the molecule is CC(C)[Si]1(C)O[Si](C)(C)O[Si](C)(C)O[Si](C)(C)O[Si](C)(C)O1. The lowest BCUT2D eigenvalue weighted by molar-refractivity contribution is 0.232. The van der Waals surface area contributed by atoms with Gasteiger partial charge in [-0.25, -0.2) is 0 Å². The summed E-state index contributed by atoms with van der Waals surface area (Å²) in [6.45, 7) is 23.3. The van der Waals surface area contributed by atoms with Crippen LogP contribution in [0.25, 0.3) is 0 Å². The van der Waals surface area contributed by atoms with Crippen LogP contribution in [0, 0.1) is 0 Å². The molecule has 1 aliphatic rings. The van der Waals surface area contributed by atoms with E-state index in [0.29, 0.717) is 5.54 Å². The monoisotopic (exact) mass is 398 g/mol. The molecule has 0 spiro atoms. The maximum atomic E-state index is 6.56. The molecule has 0 saturated carbocycles. The van der Waals surface area contributed by atoms with Crippen LogP contribution in [0.15, 0.2) is 0 Å². The van der Waals surface area contributed by atoms with Gasteiger partial charge in [-0.15, -0.1) is 0 Å². The third-order valence-electron chi connectivity index (χ3n) is 3.42. The molecular weight excluding hydrogens is 365 g/mol. The average molecular weight is 399 g/mol. The van der Waals surface area contributed by atoms with Gasteiger partial charge in [0.25, 0.3) is 0 Å². The van der Waals surface area contributed by atoms with Gasteiger partial charge in [0.15, 0.2) is 0 Å². The van der Waals surface area contributed by atoms with Crippen LogP contribution in [0.2, 0.25) is 64.5 Å². The summed E-state index contributed by atoms with van der Waals surface area (Å²) in [7, 11) is -11.6. The van der Waals surface area contributed by atoms with E-state index in [4.69, 9.17) is 20.6 Å². The van der Waals surface area contributed by atoms with Gasteiger partial charge in [0.2, 0.25) is 0 Å². The second kappa shape index (κ2) is 6.31. The Labute approximate surface area is 141 Å². The van der Waals surface area contributed by atoms with Crippen LogP contribution in [-0.4, -0.2) is 42.8 Å². The Morgan fingerprint density at radius 2 is 0.682 bits per heavy atom. The summed E-state index contributed by atoms with van der Waals surface area (Å²) < 4.78 is 32.3. The van der Waals surface area contributed by atoms with Crippen LogP contribution in [0.1, 0.15) is 13.8 Å². The Morgan fingerprint density at radius 3 is 0.909 bits per heavy atom. The van der Waals surface area contributed by atoms with Crippen molar-refractivity contribution in [2.45, 2.75) is 78.3 Å². The van der Waals surface area contributed by atoms with Crippen molar-refractivity contribution in [2.75, 3.05) is 0 Å². The fraction of sp³-hybridized carbons (Fsp3) is 1.00. The van der Waals surface area contributed by atoms with Crippen molar-refractivity contribution in [3.05, 3.63) is 0 Å². The summed E-state index contributed by atoms with van der Waals surface area (Å²) in [5.41, 5.74) is 0.341. The van der Waals surface area contributed by atoms with Crippen molar-refractivity contribution >= 4 is 42.8 Å². The van der Waals surface area contributed by atoms with Crippen molar-refractivity contribution in [3.63, 3.8) is 0 Å². The van der Waals surface area contributed by atoms with E-state index in [1.807, 2.05) is 0 Å². The predicted molar refractivity (Wildman–Crippen MR) is 102 cm³/mol. The van der Waals surface area contributed by atoms with E-state index in [1.165, 1.54) is 0 Å². The van der Waals surface area contributed by atoms with Crippen molar-refractivity contribution < 1.29 is 20.6 Å². The molecule has 0 N–H and O–H groups in total. The molecule has 1 aliphatic heterocycles. The lowest BCUT2D eigenvalue weighted by Gasteiger charge is -2.48. The van der Waals surface area contributed by atoms with E-state index in [0.717, 1.165) is 0 Å². The molecular formula is C12H34O5Si5. The molecule has 0 atom stereocenters. The molecule has 0 bridgehead atoms. The highest BCUT2D eigenvalue weighted by atomic mass is 28.5. The molecule has 10 heteroatoms. The smallest absolute Gasteiger partial charge is 0.320 e. The topological polar surface area (TPSA) is 46.2 Å². The fourth-order valence-electron chi connectivity index (χ4n) is 3.09. The van der Waals surface area contributed by atoms with Crippen LogP contribution >= 0.6 is 0 Å². The van der Waals surface area contributed by atoms with E-state index in [1.54, 1.807) is 0 Å². The zero-order valence-corrected chi connectivity index (χ0v) is 21.1. The molecule has 0 aromatic heterocycles. The van der Waals surface area contributed by atoms with Crippen molar-refractivity contribution in [2.24, 2.45) is 0 Å². The van der Waals surface area contributed by atoms with E-state index >= 15 is 0 Å². The third-order valence-corrected chi connectivity index (χ3v) is 24.5. The Bertz CT molecular complexity index is 381. The first-order chi connectivity index (χ1) is 9.48. The molecule has 0 amide bonds. The minimum absolute atomic E-state index is 0.341. The van der Waals surface area contributed by atoms with Crippen LogP contribution in [0.5, 0.6) is 0 Å². The van der Waals surface area contributed by atoms with E-state index in [-0.39, 0.29) is 0 Å². The molecule has 1 fully saturated rings. The second-order valence-corrected chi connectivity index (χ2v) is 26.7. The summed E-state index contributed by atoms with van der Waals surface area (Å²) in [5, 5.41) is 0. The van der Waals surface area contributed by atoms with E-state index < -0.39 is 42.8 Å². The molecule has 0 unspecified atom stereocenters. The molecule has 5 nitrogen and oxygen atoms in total. The Balaban J connectivity index is 3.28. The molecule has 0 aromatic rings. The minimum Gasteiger partial charge on any atom is -0.416 e. The predicted octanol–water partition coefficient (Wildman–Crippen LogP) is 4.37. The average Bonchev–Trinajstić information content (AvgIpc) is 2.04. The van der Waals surface area contributed by atoms with Gasteiger partial charge in [-0.1, -0.05) is 13.8 Å². The van der Waals surface area contributed by atoms with Gasteiger partial charge >= 0.3 is 42.8 Å². The lowest BCUT2D eigenvalue weighted by Crippen LogP contribution is -2.65. The standard InChI is InChI=1S/C12H34O5Si5/c1-12(2)22(11)16-20(7,8)14-18(3,4)13-19(5,6)15-21(9,10)17-22/h12H,1-11H3. The van der Waals surface area contributed by atoms with Crippen LogP contribution in [-0.2, 0) is 20.6 Å². The van der Waals surface area contributed by atoms with E-state index in [9.17, 15) is 0 Å². The zero-order valence-electron chi connectivity index (χ0n) is 16.1. The highest BCUT2D eigenvalue weighted by Gasteiger charge is 2.53. The molecule has 22 heavy (non-hydrogen) atoms. The number of rotatable bonds is 1. The highest BCUT2D eigenvalue weighted by Crippen LogP contribution is 2.35. The molecule has 0 radical (unpaired) electrons. The Hall–Kier alpha value is 0.884. The Kier molecular flexibility index (Phi) is 6.01. The lowest BCUT2D eigenvalue weighted by atomic mass is 10.6. The second-order valence-electron chi connectivity index (χ2n) is 8.28. The maximum Gasteiger partial charge on any atom is 0.320 e. The summed E-state index contributed by atoms with van der Waals surface area (Å²) in [6.07, 6.45) is 0. The van der Waals surface area contributed by atoms with Crippen molar-refractivity contribution in [1.29, 1.82) is 0 Å². The van der Waals surface area contributed by atoms with Gasteiger partial charge in [-0.3, -0.25) is 0 Å². The third kappa shape index (κ3) is 6.07. The summed E-state index contributed by atoms with van der Waals surface area (Å²) in [6, 6.07) is 0. The summed E-state index contributed by atoms with van der Waals surface area (Å²) in [5.74, 6) is 0. The molecule has 1 rings (SSSR count). The normalized spacial score (nSPS) is 30.0. The van der Waals surface area contributed by atoms with Crippen molar-refractivity contribution in [3.8, 4) is 0 Å². The Morgan fingerprint density at radius 1 is 0.455 bits per heavy atom. The van der Waals surface area contributed by atoms with E-state index in [2.05, 4.69) is 72.8 Å². The van der Waals surface area contributed by atoms with Gasteiger partial charge in [-0.05, 0) is 64.5 Å². The van der Waals surface area contributed by atoms with Gasteiger partial charge in [0.1, 0.15) is 0 Å². The van der Waals surface area contributed by atoms with Crippen LogP contribution < -0.4 is 0 Å². The van der Waals surface area contributed by atoms with Gasteiger partial charge in [-0.2, -0.15) is 0 Å². The quantitative estimate of drug-likeness (QED) is 0.614. The van der Waals surface area contributed by atoms with Gasteiger partial charge in [0.05, 0.1) is 0 Å².